The molecule has 0 atom stereocenters. The summed E-state index contributed by atoms with van der Waals surface area (Å²) in [6.07, 6.45) is 1.88. The van der Waals surface area contributed by atoms with Gasteiger partial charge >= 0.3 is 0 Å². The van der Waals surface area contributed by atoms with E-state index in [9.17, 15) is 5.11 Å². The van der Waals surface area contributed by atoms with Crippen LogP contribution in [0.15, 0.2) is 66.9 Å². The third-order valence-corrected chi connectivity index (χ3v) is 7.31. The monoisotopic (exact) mass is 484 g/mol. The van der Waals surface area contributed by atoms with Gasteiger partial charge in [-0.25, -0.2) is 4.98 Å². The van der Waals surface area contributed by atoms with E-state index in [0.29, 0.717) is 25.4 Å². The second-order valence-electron chi connectivity index (χ2n) is 8.53. The number of hydrogen-bond acceptors (Lipinski definition) is 7. The number of thiazole rings is 1. The molecule has 176 valence electrons. The Morgan fingerprint density at radius 2 is 1.97 bits per heavy atom. The number of nitrogens with one attached hydrogen (secondary N) is 1. The number of methoxy groups -OCH3 is 1. The van der Waals surface area contributed by atoms with Gasteiger partial charge in [0, 0.05) is 41.9 Å². The highest BCUT2D eigenvalue weighted by molar-refractivity contribution is 7.21. The van der Waals surface area contributed by atoms with Gasteiger partial charge in [-0.05, 0) is 48.5 Å². The third kappa shape index (κ3) is 4.22. The average molecular weight is 485 g/mol. The number of phenolic OH excluding ortho intramolecular Hbond substituents is 1. The molecule has 3 aromatic carbocycles. The Hall–Kier alpha value is -3.88. The first kappa shape index (κ1) is 21.6. The topological polar surface area (TPSA) is 83.5 Å². The summed E-state index contributed by atoms with van der Waals surface area (Å²) in [6, 6.07) is 19.9. The maximum atomic E-state index is 10.8. The summed E-state index contributed by atoms with van der Waals surface area (Å²) in [6.45, 7) is 2.58. The maximum Gasteiger partial charge on any atom is 0.165 e. The highest BCUT2D eigenvalue weighted by Crippen LogP contribution is 2.40. The van der Waals surface area contributed by atoms with Crippen LogP contribution in [0, 0.1) is 0 Å². The first-order chi connectivity index (χ1) is 17.2. The third-order valence-electron chi connectivity index (χ3n) is 6.23. The largest absolute Gasteiger partial charge is 0.504 e. The Morgan fingerprint density at radius 1 is 1.11 bits per heavy atom. The summed E-state index contributed by atoms with van der Waals surface area (Å²) in [4.78, 5) is 7.08. The van der Waals surface area contributed by atoms with Crippen LogP contribution in [-0.2, 0) is 13.1 Å². The van der Waals surface area contributed by atoms with E-state index in [0.717, 1.165) is 55.5 Å². The molecule has 0 saturated heterocycles. The SMILES string of the molecule is COc1ccc(-c2[nH]ncc2CN2CCOc3c(O)cc(-c4nc5ccccc5s4)cc3C2)cc1. The van der Waals surface area contributed by atoms with E-state index in [4.69, 9.17) is 14.5 Å². The van der Waals surface area contributed by atoms with Crippen LogP contribution in [0.3, 0.4) is 0 Å². The van der Waals surface area contributed by atoms with Crippen molar-refractivity contribution in [3.63, 3.8) is 0 Å². The van der Waals surface area contributed by atoms with Crippen molar-refractivity contribution in [3.05, 3.63) is 78.0 Å². The zero-order valence-electron chi connectivity index (χ0n) is 19.2. The summed E-state index contributed by atoms with van der Waals surface area (Å²) in [5.74, 6) is 1.53. The number of para-hydroxylation sites is 1. The number of H-pyrrole nitrogens is 1. The molecule has 35 heavy (non-hydrogen) atoms. The van der Waals surface area contributed by atoms with E-state index in [1.165, 1.54) is 0 Å². The van der Waals surface area contributed by atoms with E-state index >= 15 is 0 Å². The van der Waals surface area contributed by atoms with Crippen molar-refractivity contribution in [3.8, 4) is 39.1 Å². The maximum absolute atomic E-state index is 10.8. The van der Waals surface area contributed by atoms with Gasteiger partial charge < -0.3 is 14.6 Å². The zero-order valence-corrected chi connectivity index (χ0v) is 20.0. The van der Waals surface area contributed by atoms with Crippen LogP contribution in [0.1, 0.15) is 11.1 Å². The van der Waals surface area contributed by atoms with Crippen LogP contribution in [-0.4, -0.2) is 45.4 Å². The number of fused-ring (bicyclic) bond motifs is 2. The zero-order chi connectivity index (χ0) is 23.8. The molecule has 7 nitrogen and oxygen atoms in total. The highest BCUT2D eigenvalue weighted by Gasteiger charge is 2.22. The number of nitrogens with zero attached hydrogens (tertiary/aromatic N) is 3. The van der Waals surface area contributed by atoms with Crippen molar-refractivity contribution in [2.45, 2.75) is 13.1 Å². The van der Waals surface area contributed by atoms with Crippen molar-refractivity contribution in [1.82, 2.24) is 20.1 Å². The Bertz CT molecular complexity index is 1460. The van der Waals surface area contributed by atoms with Gasteiger partial charge in [-0.2, -0.15) is 5.10 Å². The second-order valence-corrected chi connectivity index (χ2v) is 9.56. The van der Waals surface area contributed by atoms with E-state index < -0.39 is 0 Å². The van der Waals surface area contributed by atoms with Gasteiger partial charge in [0.1, 0.15) is 17.4 Å². The van der Waals surface area contributed by atoms with Crippen molar-refractivity contribution in [2.24, 2.45) is 0 Å². The van der Waals surface area contributed by atoms with Crippen LogP contribution in [0.2, 0.25) is 0 Å². The Labute approximate surface area is 206 Å². The van der Waals surface area contributed by atoms with E-state index in [1.807, 2.05) is 48.7 Å². The van der Waals surface area contributed by atoms with Gasteiger partial charge in [-0.1, -0.05) is 12.1 Å². The molecule has 2 aromatic heterocycles. The molecule has 0 bridgehead atoms. The lowest BCUT2D eigenvalue weighted by Crippen LogP contribution is -2.25. The summed E-state index contributed by atoms with van der Waals surface area (Å²) in [5, 5.41) is 19.1. The number of benzene rings is 3. The van der Waals surface area contributed by atoms with Crippen molar-refractivity contribution >= 4 is 21.6 Å². The van der Waals surface area contributed by atoms with Crippen LogP contribution < -0.4 is 9.47 Å². The standard InChI is InChI=1S/C27H24N4O3S/c1-33-21-8-6-17(7-9-21)25-20(14-28-30-25)16-31-10-11-34-26-19(15-31)12-18(13-23(26)32)27-29-22-4-2-3-5-24(22)35-27/h2-9,12-14,32H,10-11,15-16H2,1H3,(H,28,30). The first-order valence-electron chi connectivity index (χ1n) is 11.4. The molecule has 0 amide bonds. The predicted molar refractivity (Wildman–Crippen MR) is 137 cm³/mol. The number of aromatic nitrogens is 3. The first-order valence-corrected chi connectivity index (χ1v) is 12.2. The molecule has 2 N–H and O–H groups in total. The Morgan fingerprint density at radius 3 is 2.80 bits per heavy atom. The lowest BCUT2D eigenvalue weighted by atomic mass is 10.1. The van der Waals surface area contributed by atoms with Crippen LogP contribution in [0.5, 0.6) is 17.2 Å². The fourth-order valence-electron chi connectivity index (χ4n) is 4.49. The molecule has 1 aliphatic heterocycles. The molecule has 0 aliphatic carbocycles. The number of phenols is 1. The molecule has 5 aromatic rings. The lowest BCUT2D eigenvalue weighted by Gasteiger charge is -2.19. The summed E-state index contributed by atoms with van der Waals surface area (Å²) < 4.78 is 12.4. The molecule has 8 heteroatoms. The van der Waals surface area contributed by atoms with Gasteiger partial charge in [0.25, 0.3) is 0 Å². The van der Waals surface area contributed by atoms with Gasteiger partial charge in [0.15, 0.2) is 11.5 Å². The summed E-state index contributed by atoms with van der Waals surface area (Å²) >= 11 is 1.62. The van der Waals surface area contributed by atoms with Crippen molar-refractivity contribution < 1.29 is 14.6 Å². The minimum Gasteiger partial charge on any atom is -0.504 e. The Kier molecular flexibility index (Phi) is 5.60. The molecule has 0 fully saturated rings. The lowest BCUT2D eigenvalue weighted by molar-refractivity contribution is 0.217. The molecule has 1 aliphatic rings. The van der Waals surface area contributed by atoms with Gasteiger partial charge in [-0.3, -0.25) is 10.00 Å². The number of aromatic amines is 1. The summed E-state index contributed by atoms with van der Waals surface area (Å²) in [5.41, 5.74) is 5.96. The quantitative estimate of drug-likeness (QED) is 0.345. The smallest absolute Gasteiger partial charge is 0.165 e. The normalized spacial score (nSPS) is 13.9. The summed E-state index contributed by atoms with van der Waals surface area (Å²) in [7, 11) is 1.66. The van der Waals surface area contributed by atoms with Crippen molar-refractivity contribution in [2.75, 3.05) is 20.3 Å². The number of ether oxygens (including phenoxy) is 2. The second kappa shape index (κ2) is 9.05. The Balaban J connectivity index is 1.28. The minimum atomic E-state index is 0.154. The minimum absolute atomic E-state index is 0.154. The molecule has 3 heterocycles. The van der Waals surface area contributed by atoms with Crippen LogP contribution in [0.4, 0.5) is 0 Å². The molecule has 0 saturated carbocycles. The molecule has 0 radical (unpaired) electrons. The van der Waals surface area contributed by atoms with E-state index in [-0.39, 0.29) is 5.75 Å². The number of aromatic hydroxyl groups is 1. The molecular formula is C27H24N4O3S. The average Bonchev–Trinajstić information content (AvgIpc) is 3.47. The predicted octanol–water partition coefficient (Wildman–Crippen LogP) is 5.46. The van der Waals surface area contributed by atoms with Crippen molar-refractivity contribution in [1.29, 1.82) is 0 Å². The van der Waals surface area contributed by atoms with E-state index in [1.54, 1.807) is 24.5 Å². The van der Waals surface area contributed by atoms with Gasteiger partial charge in [0.2, 0.25) is 0 Å². The molecule has 6 rings (SSSR count). The fourth-order valence-corrected chi connectivity index (χ4v) is 5.44. The molecule has 0 spiro atoms. The molecule has 0 unspecified atom stereocenters. The number of hydrogen-bond donors (Lipinski definition) is 2. The fraction of sp³-hybridized carbons (Fsp3) is 0.185. The van der Waals surface area contributed by atoms with Gasteiger partial charge in [-0.15, -0.1) is 11.3 Å². The van der Waals surface area contributed by atoms with E-state index in [2.05, 4.69) is 27.2 Å². The van der Waals surface area contributed by atoms with Gasteiger partial charge in [0.05, 0.1) is 29.2 Å². The van der Waals surface area contributed by atoms with Crippen LogP contribution >= 0.6 is 11.3 Å². The number of rotatable bonds is 5. The molecular weight excluding hydrogens is 460 g/mol. The highest BCUT2D eigenvalue weighted by atomic mass is 32.1. The van der Waals surface area contributed by atoms with Crippen LogP contribution in [0.25, 0.3) is 32.0 Å².